The van der Waals surface area contributed by atoms with Crippen molar-refractivity contribution in [1.29, 1.82) is 0 Å². The van der Waals surface area contributed by atoms with Gasteiger partial charge in [0.1, 0.15) is 0 Å². The number of aliphatic hydroxyl groups is 2. The third kappa shape index (κ3) is 3.25. The van der Waals surface area contributed by atoms with Gasteiger partial charge in [-0.3, -0.25) is 4.68 Å². The van der Waals surface area contributed by atoms with Crippen LogP contribution in [0.4, 0.5) is 0 Å². The predicted octanol–water partition coefficient (Wildman–Crippen LogP) is -0.0730. The number of hydrogen-bond acceptors (Lipinski definition) is 4. The van der Waals surface area contributed by atoms with Crippen LogP contribution in [0.15, 0.2) is 18.5 Å². The highest BCUT2D eigenvalue weighted by molar-refractivity contribution is 7.98. The molecule has 0 amide bonds. The topological polar surface area (TPSA) is 58.3 Å². The van der Waals surface area contributed by atoms with E-state index in [0.29, 0.717) is 11.6 Å². The first-order valence-corrected chi connectivity index (χ1v) is 4.82. The molecule has 0 saturated heterocycles. The number of aromatic nitrogens is 2. The van der Waals surface area contributed by atoms with Gasteiger partial charge in [-0.1, -0.05) is 0 Å². The summed E-state index contributed by atoms with van der Waals surface area (Å²) in [6, 6.07) is 1.85. The molecular weight excluding hydrogens is 176 g/mol. The minimum atomic E-state index is -0.620. The minimum absolute atomic E-state index is 0.174. The molecule has 1 aromatic rings. The molecule has 1 aromatic heterocycles. The average Bonchev–Trinajstić information content (AvgIpc) is 2.57. The van der Waals surface area contributed by atoms with Crippen molar-refractivity contribution < 1.29 is 10.2 Å². The Balaban J connectivity index is 2.11. The molecule has 0 fully saturated rings. The van der Waals surface area contributed by atoms with E-state index < -0.39 is 6.10 Å². The molecule has 0 radical (unpaired) electrons. The number of aliphatic hydroxyl groups excluding tert-OH is 2. The summed E-state index contributed by atoms with van der Waals surface area (Å²) in [6.45, 7) is -0.174. The van der Waals surface area contributed by atoms with Crippen molar-refractivity contribution in [3.63, 3.8) is 0 Å². The van der Waals surface area contributed by atoms with Gasteiger partial charge in [0.2, 0.25) is 0 Å². The second-order valence-electron chi connectivity index (χ2n) is 2.38. The van der Waals surface area contributed by atoms with Crippen molar-refractivity contribution >= 4 is 11.8 Å². The lowest BCUT2D eigenvalue weighted by Crippen LogP contribution is -2.15. The molecule has 0 bridgehead atoms. The molecule has 0 aliphatic carbocycles. The first-order valence-electron chi connectivity index (χ1n) is 3.67. The standard InChI is InChI=1S/C7H12N2O2S/c10-4-7(11)5-12-6-9-3-1-2-8-9/h1-3,7,10-11H,4-6H2. The van der Waals surface area contributed by atoms with Crippen LogP contribution in [0, 0.1) is 0 Å². The van der Waals surface area contributed by atoms with Crippen molar-refractivity contribution in [3.05, 3.63) is 18.5 Å². The third-order valence-electron chi connectivity index (χ3n) is 1.30. The van der Waals surface area contributed by atoms with E-state index in [0.717, 1.165) is 0 Å². The maximum Gasteiger partial charge on any atom is 0.0864 e. The van der Waals surface area contributed by atoms with Crippen molar-refractivity contribution in [3.8, 4) is 0 Å². The van der Waals surface area contributed by atoms with Crippen LogP contribution >= 0.6 is 11.8 Å². The molecule has 1 unspecified atom stereocenters. The summed E-state index contributed by atoms with van der Waals surface area (Å²) in [5.74, 6) is 1.25. The van der Waals surface area contributed by atoms with Crippen LogP contribution in [0.2, 0.25) is 0 Å². The molecule has 68 valence electrons. The fourth-order valence-electron chi connectivity index (χ4n) is 0.712. The predicted molar refractivity (Wildman–Crippen MR) is 47.8 cm³/mol. The van der Waals surface area contributed by atoms with Gasteiger partial charge in [0.25, 0.3) is 0 Å². The van der Waals surface area contributed by atoms with E-state index >= 15 is 0 Å². The Morgan fingerprint density at radius 3 is 3.00 bits per heavy atom. The first-order chi connectivity index (χ1) is 5.83. The molecule has 0 spiro atoms. The van der Waals surface area contributed by atoms with Crippen molar-refractivity contribution in [2.75, 3.05) is 12.4 Å². The summed E-state index contributed by atoms with van der Waals surface area (Å²) in [5, 5.41) is 21.5. The summed E-state index contributed by atoms with van der Waals surface area (Å²) >= 11 is 1.53. The normalized spacial score (nSPS) is 13.2. The average molecular weight is 188 g/mol. The summed E-state index contributed by atoms with van der Waals surface area (Å²) in [4.78, 5) is 0. The van der Waals surface area contributed by atoms with Crippen LogP contribution < -0.4 is 0 Å². The van der Waals surface area contributed by atoms with Gasteiger partial charge in [0, 0.05) is 18.1 Å². The smallest absolute Gasteiger partial charge is 0.0864 e. The number of nitrogens with zero attached hydrogens (tertiary/aromatic N) is 2. The van der Waals surface area contributed by atoms with Crippen LogP contribution in [-0.4, -0.2) is 38.5 Å². The molecule has 2 N–H and O–H groups in total. The maximum atomic E-state index is 8.99. The highest BCUT2D eigenvalue weighted by Gasteiger charge is 2.01. The molecule has 12 heavy (non-hydrogen) atoms. The molecule has 1 rings (SSSR count). The number of thioether (sulfide) groups is 1. The Kier molecular flexibility index (Phi) is 4.13. The van der Waals surface area contributed by atoms with Gasteiger partial charge in [0.05, 0.1) is 18.6 Å². The SMILES string of the molecule is OCC(O)CSCn1cccn1. The lowest BCUT2D eigenvalue weighted by molar-refractivity contribution is 0.113. The van der Waals surface area contributed by atoms with Gasteiger partial charge in [-0.25, -0.2) is 0 Å². The van der Waals surface area contributed by atoms with Crippen molar-refractivity contribution in [1.82, 2.24) is 9.78 Å². The van der Waals surface area contributed by atoms with Gasteiger partial charge in [-0.2, -0.15) is 5.10 Å². The van der Waals surface area contributed by atoms with Crippen LogP contribution in [0.1, 0.15) is 0 Å². The molecule has 1 heterocycles. The van der Waals surface area contributed by atoms with E-state index in [-0.39, 0.29) is 6.61 Å². The summed E-state index contributed by atoms with van der Waals surface area (Å²) in [5.41, 5.74) is 0. The quantitative estimate of drug-likeness (QED) is 0.679. The van der Waals surface area contributed by atoms with E-state index in [1.165, 1.54) is 11.8 Å². The largest absolute Gasteiger partial charge is 0.394 e. The molecule has 5 heteroatoms. The number of hydrogen-bond donors (Lipinski definition) is 2. The van der Waals surface area contributed by atoms with E-state index in [1.807, 2.05) is 12.3 Å². The molecule has 0 saturated carbocycles. The Labute approximate surface area is 75.2 Å². The molecule has 4 nitrogen and oxygen atoms in total. The second-order valence-corrected chi connectivity index (χ2v) is 3.38. The summed E-state index contributed by atoms with van der Waals surface area (Å²) in [7, 11) is 0. The van der Waals surface area contributed by atoms with E-state index in [9.17, 15) is 0 Å². The highest BCUT2D eigenvalue weighted by atomic mass is 32.2. The molecular formula is C7H12N2O2S. The fourth-order valence-corrected chi connectivity index (χ4v) is 1.53. The summed E-state index contributed by atoms with van der Waals surface area (Å²) < 4.78 is 1.77. The molecule has 0 aliphatic heterocycles. The highest BCUT2D eigenvalue weighted by Crippen LogP contribution is 2.05. The van der Waals surface area contributed by atoms with Gasteiger partial charge >= 0.3 is 0 Å². The Morgan fingerprint density at radius 2 is 2.42 bits per heavy atom. The van der Waals surface area contributed by atoms with Gasteiger partial charge in [0.15, 0.2) is 0 Å². The zero-order valence-electron chi connectivity index (χ0n) is 6.63. The molecule has 1 atom stereocenters. The Bertz CT molecular complexity index is 203. The lowest BCUT2D eigenvalue weighted by Gasteiger charge is -2.05. The van der Waals surface area contributed by atoms with Crippen LogP contribution in [0.25, 0.3) is 0 Å². The molecule has 0 aromatic carbocycles. The van der Waals surface area contributed by atoms with Gasteiger partial charge < -0.3 is 10.2 Å². The zero-order valence-corrected chi connectivity index (χ0v) is 7.44. The van der Waals surface area contributed by atoms with Crippen LogP contribution in [-0.2, 0) is 5.88 Å². The molecule has 0 aliphatic rings. The third-order valence-corrected chi connectivity index (χ3v) is 2.37. The van der Waals surface area contributed by atoms with E-state index in [4.69, 9.17) is 10.2 Å². The monoisotopic (exact) mass is 188 g/mol. The summed E-state index contributed by atoms with van der Waals surface area (Å²) in [6.07, 6.45) is 2.95. The van der Waals surface area contributed by atoms with Gasteiger partial charge in [-0.05, 0) is 6.07 Å². The van der Waals surface area contributed by atoms with Crippen LogP contribution in [0.5, 0.6) is 0 Å². The maximum absolute atomic E-state index is 8.99. The van der Waals surface area contributed by atoms with Crippen molar-refractivity contribution in [2.24, 2.45) is 0 Å². The van der Waals surface area contributed by atoms with Crippen molar-refractivity contribution in [2.45, 2.75) is 12.0 Å². The minimum Gasteiger partial charge on any atom is -0.394 e. The lowest BCUT2D eigenvalue weighted by atomic mass is 10.4. The first kappa shape index (κ1) is 9.57. The van der Waals surface area contributed by atoms with Crippen LogP contribution in [0.3, 0.4) is 0 Å². The Hall–Kier alpha value is -0.520. The fraction of sp³-hybridized carbons (Fsp3) is 0.571. The number of rotatable bonds is 5. The van der Waals surface area contributed by atoms with E-state index in [2.05, 4.69) is 5.10 Å². The Morgan fingerprint density at radius 1 is 1.58 bits per heavy atom. The van der Waals surface area contributed by atoms with Gasteiger partial charge in [-0.15, -0.1) is 11.8 Å². The van der Waals surface area contributed by atoms with E-state index in [1.54, 1.807) is 10.9 Å². The second kappa shape index (κ2) is 5.18. The zero-order chi connectivity index (χ0) is 8.81.